The van der Waals surface area contributed by atoms with Crippen molar-refractivity contribution in [3.63, 3.8) is 0 Å². The molecule has 0 unspecified atom stereocenters. The highest BCUT2D eigenvalue weighted by atomic mass is 32.2. The fourth-order valence-corrected chi connectivity index (χ4v) is 8.26. The van der Waals surface area contributed by atoms with Gasteiger partial charge in [-0.25, -0.2) is 13.5 Å². The number of sulfonamides is 1. The Morgan fingerprint density at radius 3 is 2.47 bits per heavy atom. The van der Waals surface area contributed by atoms with Crippen LogP contribution in [0.2, 0.25) is 0 Å². The summed E-state index contributed by atoms with van der Waals surface area (Å²) in [5.41, 5.74) is 3.98. The summed E-state index contributed by atoms with van der Waals surface area (Å²) < 4.78 is 53.5. The highest BCUT2D eigenvalue weighted by Gasteiger charge is 2.43. The first-order valence-electron chi connectivity index (χ1n) is 16.8. The van der Waals surface area contributed by atoms with Crippen LogP contribution < -0.4 is 14.4 Å². The molecule has 3 atom stereocenters. The Morgan fingerprint density at radius 1 is 1.02 bits per heavy atom. The van der Waals surface area contributed by atoms with E-state index in [9.17, 15) is 13.2 Å². The second-order valence-electron chi connectivity index (χ2n) is 12.6. The number of carbonyl (C=O) groups excluding carboxylic acids is 1. The van der Waals surface area contributed by atoms with E-state index in [1.54, 1.807) is 49.8 Å². The van der Waals surface area contributed by atoms with E-state index in [1.807, 2.05) is 43.3 Å². The molecule has 2 aliphatic rings. The number of rotatable bonds is 15. The molecule has 5 rings (SSSR count). The maximum atomic E-state index is 14.3. The number of fused-ring (bicyclic) bond motifs is 1. The van der Waals surface area contributed by atoms with E-state index >= 15 is 0 Å². The van der Waals surface area contributed by atoms with Crippen LogP contribution in [0.1, 0.15) is 48.3 Å². The zero-order valence-corrected chi connectivity index (χ0v) is 30.0. The van der Waals surface area contributed by atoms with Gasteiger partial charge in [0.15, 0.2) is 0 Å². The van der Waals surface area contributed by atoms with Crippen molar-refractivity contribution in [1.82, 2.24) is 9.37 Å². The Kier molecular flexibility index (Phi) is 12.6. The zero-order valence-electron chi connectivity index (χ0n) is 29.2. The number of aryl methyl sites for hydroxylation is 1. The smallest absolute Gasteiger partial charge is 0.245 e. The highest BCUT2D eigenvalue weighted by molar-refractivity contribution is 7.89. The number of hydrogen-bond donors (Lipinski definition) is 0. The normalized spacial score (nSPS) is 19.6. The summed E-state index contributed by atoms with van der Waals surface area (Å²) in [7, 11) is 2.41. The Labute approximate surface area is 290 Å². The van der Waals surface area contributed by atoms with E-state index in [2.05, 4.69) is 11.0 Å². The zero-order chi connectivity index (χ0) is 35.0. The third-order valence-electron chi connectivity index (χ3n) is 9.45. The Hall–Kier alpha value is -3.68. The summed E-state index contributed by atoms with van der Waals surface area (Å²) in [5, 5.41) is 1.18. The van der Waals surface area contributed by atoms with E-state index in [0.717, 1.165) is 53.4 Å². The lowest BCUT2D eigenvalue weighted by molar-refractivity contribution is -0.169. The van der Waals surface area contributed by atoms with Crippen LogP contribution in [0.4, 0.5) is 5.69 Å². The van der Waals surface area contributed by atoms with Crippen molar-refractivity contribution in [3.8, 4) is 11.5 Å². The lowest BCUT2D eigenvalue weighted by atomic mass is 9.82. The van der Waals surface area contributed by atoms with Crippen molar-refractivity contribution < 1.29 is 37.0 Å². The molecule has 0 N–H and O–H groups in total. The van der Waals surface area contributed by atoms with Crippen molar-refractivity contribution in [2.24, 2.45) is 0 Å². The first kappa shape index (κ1) is 36.6. The largest absolute Gasteiger partial charge is 0.497 e. The molecular formula is C37H49N3O8S. The third kappa shape index (κ3) is 8.92. The standard InChI is InChI=1S/C37H49N3O8S/c1-27-7-15-32(16-8-27)49(42,43)40-25-36(48-26-28-9-17-35-34(23-28)39(20-22-47-35)19-6-21-44-3)33(29-10-13-31(45-4)14-11-29)24-30(40)12-18-37(41)38(2)46-5/h7-11,13-17,23,30,33,36H,6,12,18-22,24-26H2,1-5H3/t30-,33+,36-/m0/s1. The molecule has 266 valence electrons. The van der Waals surface area contributed by atoms with Crippen LogP contribution in [0.3, 0.4) is 0 Å². The van der Waals surface area contributed by atoms with Gasteiger partial charge in [0, 0.05) is 52.2 Å². The minimum absolute atomic E-state index is 0.128. The number of carbonyl (C=O) groups is 1. The molecule has 1 fully saturated rings. The molecule has 0 spiro atoms. The molecule has 3 aromatic carbocycles. The van der Waals surface area contributed by atoms with Gasteiger partial charge >= 0.3 is 0 Å². The van der Waals surface area contributed by atoms with Crippen LogP contribution in [-0.4, -0.2) is 97.1 Å². The molecule has 11 nitrogen and oxygen atoms in total. The van der Waals surface area contributed by atoms with Gasteiger partial charge in [0.2, 0.25) is 15.9 Å². The Balaban J connectivity index is 1.45. The van der Waals surface area contributed by atoms with E-state index in [0.29, 0.717) is 26.1 Å². The minimum atomic E-state index is -3.92. The van der Waals surface area contributed by atoms with Crippen molar-refractivity contribution in [2.45, 2.75) is 62.2 Å². The second kappa shape index (κ2) is 16.8. The van der Waals surface area contributed by atoms with Crippen LogP contribution in [0, 0.1) is 6.92 Å². The van der Waals surface area contributed by atoms with E-state index in [1.165, 1.54) is 12.2 Å². The van der Waals surface area contributed by atoms with Crippen LogP contribution >= 0.6 is 0 Å². The lowest BCUT2D eigenvalue weighted by Gasteiger charge is -2.43. The summed E-state index contributed by atoms with van der Waals surface area (Å²) in [4.78, 5) is 20.4. The quantitative estimate of drug-likeness (QED) is 0.157. The van der Waals surface area contributed by atoms with Gasteiger partial charge in [0.1, 0.15) is 18.1 Å². The van der Waals surface area contributed by atoms with Gasteiger partial charge in [-0.1, -0.05) is 35.9 Å². The Bertz CT molecular complexity index is 1630. The molecule has 12 heteroatoms. The van der Waals surface area contributed by atoms with Crippen molar-refractivity contribution >= 4 is 21.6 Å². The predicted molar refractivity (Wildman–Crippen MR) is 187 cm³/mol. The predicted octanol–water partition coefficient (Wildman–Crippen LogP) is 5.17. The van der Waals surface area contributed by atoms with E-state index in [4.69, 9.17) is 23.8 Å². The second-order valence-corrected chi connectivity index (χ2v) is 14.5. The fraction of sp³-hybridized carbons (Fsp3) is 0.486. The van der Waals surface area contributed by atoms with Gasteiger partial charge in [0.25, 0.3) is 0 Å². The maximum Gasteiger partial charge on any atom is 0.245 e. The topological polar surface area (TPSA) is 107 Å². The molecule has 0 saturated carbocycles. The SMILES string of the molecule is COCCCN1CCOc2ccc(CO[C@H]3CN(S(=O)(=O)c4ccc(C)cc4)[C@@H](CCC(=O)N(C)OC)C[C@@H]3c3ccc(OC)cc3)cc21. The summed E-state index contributed by atoms with van der Waals surface area (Å²) in [6.45, 7) is 5.30. The fourth-order valence-electron chi connectivity index (χ4n) is 6.58. The number of hydroxylamine groups is 2. The maximum absolute atomic E-state index is 14.3. The molecule has 2 aliphatic heterocycles. The third-order valence-corrected chi connectivity index (χ3v) is 11.4. The number of amides is 1. The summed E-state index contributed by atoms with van der Waals surface area (Å²) in [6.07, 6.45) is 1.38. The average Bonchev–Trinajstić information content (AvgIpc) is 3.12. The summed E-state index contributed by atoms with van der Waals surface area (Å²) in [6, 6.07) is 20.4. The molecule has 0 aromatic heterocycles. The monoisotopic (exact) mass is 695 g/mol. The summed E-state index contributed by atoms with van der Waals surface area (Å²) >= 11 is 0. The van der Waals surface area contributed by atoms with Crippen LogP contribution in [0.5, 0.6) is 11.5 Å². The number of methoxy groups -OCH3 is 2. The van der Waals surface area contributed by atoms with Gasteiger partial charge < -0.3 is 23.8 Å². The van der Waals surface area contributed by atoms with Crippen molar-refractivity contribution in [2.75, 3.05) is 66.1 Å². The van der Waals surface area contributed by atoms with Gasteiger partial charge in [-0.2, -0.15) is 4.31 Å². The highest BCUT2D eigenvalue weighted by Crippen LogP contribution is 2.40. The molecule has 3 aromatic rings. The van der Waals surface area contributed by atoms with Crippen LogP contribution in [0.25, 0.3) is 0 Å². The molecule has 1 saturated heterocycles. The number of piperidine rings is 1. The summed E-state index contributed by atoms with van der Waals surface area (Å²) in [5.74, 6) is 1.22. The molecule has 2 heterocycles. The lowest BCUT2D eigenvalue weighted by Crippen LogP contribution is -2.52. The first-order valence-corrected chi connectivity index (χ1v) is 18.2. The van der Waals surface area contributed by atoms with Crippen LogP contribution in [-0.2, 0) is 35.7 Å². The molecule has 0 aliphatic carbocycles. The average molecular weight is 696 g/mol. The molecule has 1 amide bonds. The molecule has 0 bridgehead atoms. The molecular weight excluding hydrogens is 646 g/mol. The van der Waals surface area contributed by atoms with Crippen molar-refractivity contribution in [1.29, 1.82) is 0 Å². The van der Waals surface area contributed by atoms with E-state index in [-0.39, 0.29) is 36.3 Å². The molecule has 49 heavy (non-hydrogen) atoms. The molecule has 0 radical (unpaired) electrons. The first-order chi connectivity index (χ1) is 23.6. The van der Waals surface area contributed by atoms with E-state index < -0.39 is 22.2 Å². The number of nitrogens with zero attached hydrogens (tertiary/aromatic N) is 3. The minimum Gasteiger partial charge on any atom is -0.497 e. The van der Waals surface area contributed by atoms with Gasteiger partial charge in [-0.05, 0) is 73.7 Å². The van der Waals surface area contributed by atoms with Crippen LogP contribution in [0.15, 0.2) is 71.6 Å². The number of ether oxygens (including phenoxy) is 4. The van der Waals surface area contributed by atoms with Crippen molar-refractivity contribution in [3.05, 3.63) is 83.4 Å². The Morgan fingerprint density at radius 2 is 1.78 bits per heavy atom. The number of hydrogen-bond acceptors (Lipinski definition) is 9. The van der Waals surface area contributed by atoms with Gasteiger partial charge in [-0.15, -0.1) is 0 Å². The number of benzene rings is 3. The number of anilines is 1. The van der Waals surface area contributed by atoms with Gasteiger partial charge in [-0.3, -0.25) is 9.63 Å². The van der Waals surface area contributed by atoms with Gasteiger partial charge in [0.05, 0.1) is 44.1 Å².